The molecule has 0 saturated carbocycles. The third-order valence-corrected chi connectivity index (χ3v) is 5.69. The number of hydrogen-bond acceptors (Lipinski definition) is 7. The molecule has 2 heterocycles. The number of benzene rings is 2. The van der Waals surface area contributed by atoms with Gasteiger partial charge in [0.05, 0.1) is 12.7 Å². The lowest BCUT2D eigenvalue weighted by molar-refractivity contribution is -0.126. The number of alkyl halides is 6. The summed E-state index contributed by atoms with van der Waals surface area (Å²) in [6.07, 6.45) is -8.35. The van der Waals surface area contributed by atoms with Crippen molar-refractivity contribution in [1.29, 1.82) is 0 Å². The second-order valence-electron chi connectivity index (χ2n) is 8.43. The van der Waals surface area contributed by atoms with Gasteiger partial charge in [-0.25, -0.2) is 4.98 Å². The molecule has 0 aliphatic heterocycles. The van der Waals surface area contributed by atoms with Crippen LogP contribution in [0.4, 0.5) is 37.8 Å². The molecule has 0 spiro atoms. The average Bonchev–Trinajstić information content (AvgIpc) is 3.31. The van der Waals surface area contributed by atoms with E-state index in [2.05, 4.69) is 27.1 Å². The van der Waals surface area contributed by atoms with Gasteiger partial charge in [-0.2, -0.15) is 26.3 Å². The Bertz CT molecular complexity index is 1650. The van der Waals surface area contributed by atoms with Crippen LogP contribution in [0.3, 0.4) is 0 Å². The average molecular weight is 579 g/mol. The normalized spacial score (nSPS) is 11.8. The van der Waals surface area contributed by atoms with Crippen LogP contribution in [-0.4, -0.2) is 57.6 Å². The minimum atomic E-state index is -4.90. The van der Waals surface area contributed by atoms with E-state index in [0.29, 0.717) is 16.7 Å². The molecule has 41 heavy (non-hydrogen) atoms. The van der Waals surface area contributed by atoms with Crippen LogP contribution in [0.2, 0.25) is 0 Å². The van der Waals surface area contributed by atoms with Crippen LogP contribution in [0, 0.1) is 0 Å². The molecule has 0 saturated heterocycles. The highest BCUT2D eigenvalue weighted by atomic mass is 19.4. The summed E-state index contributed by atoms with van der Waals surface area (Å²) in [7, 11) is 1.23. The van der Waals surface area contributed by atoms with E-state index in [1.807, 2.05) is 0 Å². The highest BCUT2D eigenvalue weighted by molar-refractivity contribution is 6.04. The molecule has 0 aliphatic rings. The van der Waals surface area contributed by atoms with Gasteiger partial charge in [-0.15, -0.1) is 14.8 Å². The standard InChI is InChI=1S/C25H19F6N7O3/c1-12(25(29,30)31)22(39)36-15-6-3-13(4-7-15)19-18(20-21(32)34-11-35-38(20)37-19)14-5-8-16(17(9-14)41-2)23(40)33-10-24(26,27)28/h3-9,11H,1,10H2,2H3,(H,33,40)(H,36,39)(H2,32,34,35). The lowest BCUT2D eigenvalue weighted by atomic mass is 9.98. The predicted octanol–water partition coefficient (Wildman–Crippen LogP) is 4.40. The number of halogens is 6. The van der Waals surface area contributed by atoms with Gasteiger partial charge in [0.15, 0.2) is 5.82 Å². The van der Waals surface area contributed by atoms with Crippen LogP contribution in [-0.2, 0) is 4.79 Å². The number of aromatic nitrogens is 4. The van der Waals surface area contributed by atoms with Crippen molar-refractivity contribution in [2.45, 2.75) is 12.4 Å². The minimum absolute atomic E-state index is 0.0225. The Hall–Kier alpha value is -5.15. The first-order chi connectivity index (χ1) is 19.2. The summed E-state index contributed by atoms with van der Waals surface area (Å²) in [5.74, 6) is -2.47. The minimum Gasteiger partial charge on any atom is -0.496 e. The first-order valence-corrected chi connectivity index (χ1v) is 11.4. The molecule has 0 atom stereocenters. The third-order valence-electron chi connectivity index (χ3n) is 5.69. The van der Waals surface area contributed by atoms with Crippen LogP contribution in [0.5, 0.6) is 5.75 Å². The number of rotatable bonds is 7. The van der Waals surface area contributed by atoms with Gasteiger partial charge >= 0.3 is 12.4 Å². The van der Waals surface area contributed by atoms with Crippen LogP contribution in [0.1, 0.15) is 10.4 Å². The lowest BCUT2D eigenvalue weighted by Crippen LogP contribution is -2.33. The van der Waals surface area contributed by atoms with E-state index in [0.717, 1.165) is 6.33 Å². The highest BCUT2D eigenvalue weighted by Crippen LogP contribution is 2.39. The molecule has 0 radical (unpaired) electrons. The fourth-order valence-electron chi connectivity index (χ4n) is 3.75. The van der Waals surface area contributed by atoms with Crippen molar-refractivity contribution in [2.24, 2.45) is 0 Å². The van der Waals surface area contributed by atoms with Gasteiger partial charge < -0.3 is 21.1 Å². The number of fused-ring (bicyclic) bond motifs is 1. The SMILES string of the molecule is C=C(C(=O)Nc1ccc(-c2nn3ncnc(N)c3c2-c2ccc(C(=O)NCC(F)(F)F)c(OC)c2)cc1)C(F)(F)F. The lowest BCUT2D eigenvalue weighted by Gasteiger charge is -2.13. The number of nitrogens with two attached hydrogens (primary N) is 1. The van der Waals surface area contributed by atoms with Crippen LogP contribution in [0.15, 0.2) is 60.9 Å². The number of carbonyl (C=O) groups excluding carboxylic acids is 2. The maximum Gasteiger partial charge on any atom is 0.421 e. The molecule has 2 amide bonds. The molecule has 4 aromatic rings. The number of anilines is 2. The quantitative estimate of drug-likeness (QED) is 0.218. The number of ether oxygens (including phenoxy) is 1. The first-order valence-electron chi connectivity index (χ1n) is 11.4. The Balaban J connectivity index is 1.75. The molecule has 0 bridgehead atoms. The third kappa shape index (κ3) is 6.21. The zero-order valence-corrected chi connectivity index (χ0v) is 20.9. The number of methoxy groups -OCH3 is 1. The van der Waals surface area contributed by atoms with Gasteiger partial charge in [-0.3, -0.25) is 9.59 Å². The van der Waals surface area contributed by atoms with E-state index in [4.69, 9.17) is 10.5 Å². The summed E-state index contributed by atoms with van der Waals surface area (Å²) >= 11 is 0. The van der Waals surface area contributed by atoms with Gasteiger partial charge in [0, 0.05) is 16.8 Å². The number of carbonyl (C=O) groups is 2. The van der Waals surface area contributed by atoms with E-state index in [1.54, 1.807) is 5.32 Å². The second-order valence-corrected chi connectivity index (χ2v) is 8.43. The summed E-state index contributed by atoms with van der Waals surface area (Å²) in [5, 5.41) is 12.4. The Labute approximate surface area is 226 Å². The summed E-state index contributed by atoms with van der Waals surface area (Å²) in [5.41, 5.74) is 6.08. The molecule has 10 nitrogen and oxygen atoms in total. The summed E-state index contributed by atoms with van der Waals surface area (Å²) < 4.78 is 82.5. The number of nitrogens with one attached hydrogen (secondary N) is 2. The largest absolute Gasteiger partial charge is 0.496 e. The van der Waals surface area contributed by atoms with Crippen molar-refractivity contribution in [3.8, 4) is 28.1 Å². The molecule has 214 valence electrons. The van der Waals surface area contributed by atoms with Gasteiger partial charge in [-0.05, 0) is 29.8 Å². The zero-order valence-electron chi connectivity index (χ0n) is 20.9. The van der Waals surface area contributed by atoms with Crippen LogP contribution in [0.25, 0.3) is 27.9 Å². The monoisotopic (exact) mass is 579 g/mol. The van der Waals surface area contributed by atoms with Crippen molar-refractivity contribution >= 4 is 28.8 Å². The molecule has 4 rings (SSSR count). The number of amides is 2. The smallest absolute Gasteiger partial charge is 0.421 e. The Morgan fingerprint density at radius 3 is 2.32 bits per heavy atom. The molecule has 16 heteroatoms. The van der Waals surface area contributed by atoms with Crippen LogP contribution >= 0.6 is 0 Å². The molecule has 4 N–H and O–H groups in total. The topological polar surface area (TPSA) is 137 Å². The Morgan fingerprint density at radius 1 is 1.05 bits per heavy atom. The molecular formula is C25H19F6N7O3. The van der Waals surface area contributed by atoms with E-state index in [9.17, 15) is 35.9 Å². The van der Waals surface area contributed by atoms with E-state index >= 15 is 0 Å². The van der Waals surface area contributed by atoms with Crippen molar-refractivity contribution < 1.29 is 40.7 Å². The van der Waals surface area contributed by atoms with Crippen molar-refractivity contribution in [3.63, 3.8) is 0 Å². The maximum absolute atomic E-state index is 12.8. The highest BCUT2D eigenvalue weighted by Gasteiger charge is 2.36. The van der Waals surface area contributed by atoms with Gasteiger partial charge in [-0.1, -0.05) is 24.8 Å². The van der Waals surface area contributed by atoms with E-state index < -0.39 is 36.3 Å². The summed E-state index contributed by atoms with van der Waals surface area (Å²) in [6.45, 7) is 1.22. The van der Waals surface area contributed by atoms with E-state index in [1.165, 1.54) is 54.2 Å². The van der Waals surface area contributed by atoms with Gasteiger partial charge in [0.1, 0.15) is 35.4 Å². The predicted molar refractivity (Wildman–Crippen MR) is 135 cm³/mol. The molecule has 2 aromatic carbocycles. The first kappa shape index (κ1) is 28.8. The second kappa shape index (κ2) is 10.8. The molecular weight excluding hydrogens is 560 g/mol. The Morgan fingerprint density at radius 2 is 1.71 bits per heavy atom. The van der Waals surface area contributed by atoms with E-state index in [-0.39, 0.29) is 34.0 Å². The molecule has 0 unspecified atom stereocenters. The summed E-state index contributed by atoms with van der Waals surface area (Å²) in [4.78, 5) is 28.2. The molecule has 0 fully saturated rings. The van der Waals surface area contributed by atoms with Gasteiger partial charge in [0.2, 0.25) is 0 Å². The zero-order chi connectivity index (χ0) is 30.1. The number of nitrogens with zero attached hydrogens (tertiary/aromatic N) is 4. The fourth-order valence-corrected chi connectivity index (χ4v) is 3.75. The van der Waals surface area contributed by atoms with Crippen molar-refractivity contribution in [3.05, 3.63) is 66.5 Å². The fraction of sp³-hybridized carbons (Fsp3) is 0.160. The van der Waals surface area contributed by atoms with Gasteiger partial charge in [0.25, 0.3) is 11.8 Å². The molecule has 0 aliphatic carbocycles. The maximum atomic E-state index is 12.8. The number of hydrogen-bond donors (Lipinski definition) is 3. The van der Waals surface area contributed by atoms with Crippen molar-refractivity contribution in [2.75, 3.05) is 24.7 Å². The van der Waals surface area contributed by atoms with Crippen molar-refractivity contribution in [1.82, 2.24) is 25.1 Å². The molecule has 2 aromatic heterocycles. The van der Waals surface area contributed by atoms with Crippen LogP contribution < -0.4 is 21.1 Å². The summed E-state index contributed by atoms with van der Waals surface area (Å²) in [6, 6.07) is 9.72. The Kier molecular flexibility index (Phi) is 7.59. The number of nitrogen functional groups attached to an aromatic ring is 1.